The highest BCUT2D eigenvalue weighted by atomic mass is 16.1. The summed E-state index contributed by atoms with van der Waals surface area (Å²) in [5, 5.41) is 11.9. The number of H-pyrrole nitrogens is 2. The van der Waals surface area contributed by atoms with Crippen molar-refractivity contribution in [2.24, 2.45) is 0 Å². The molecule has 1 saturated carbocycles. The van der Waals surface area contributed by atoms with E-state index < -0.39 is 0 Å². The monoisotopic (exact) mass is 376 g/mol. The summed E-state index contributed by atoms with van der Waals surface area (Å²) in [5.41, 5.74) is 9.94. The van der Waals surface area contributed by atoms with Gasteiger partial charge in [0.1, 0.15) is 5.65 Å². The Morgan fingerprint density at radius 1 is 1.18 bits per heavy atom. The third-order valence-electron chi connectivity index (χ3n) is 5.35. The van der Waals surface area contributed by atoms with Crippen molar-refractivity contribution in [3.63, 3.8) is 0 Å². The zero-order chi connectivity index (χ0) is 19.5. The molecule has 4 aromatic rings. The van der Waals surface area contributed by atoms with Gasteiger partial charge in [0.2, 0.25) is 0 Å². The van der Waals surface area contributed by atoms with Crippen LogP contribution in [0.4, 0.5) is 5.82 Å². The molecule has 0 bridgehead atoms. The highest BCUT2D eigenvalue weighted by Crippen LogP contribution is 2.31. The molecule has 144 valence electrons. The van der Waals surface area contributed by atoms with Gasteiger partial charge in [-0.2, -0.15) is 5.10 Å². The lowest BCUT2D eigenvalue weighted by molar-refractivity contribution is 0.111. The number of hydrogen-bond acceptors (Lipinski definition) is 5. The summed E-state index contributed by atoms with van der Waals surface area (Å²) in [5.74, 6) is 0.472. The van der Waals surface area contributed by atoms with E-state index in [2.05, 4.69) is 32.5 Å². The van der Waals surface area contributed by atoms with Crippen LogP contribution < -0.4 is 11.1 Å². The SMILES string of the molecule is CNC1CCCC1.Nc1n[nH]c2ccc(-c3ccnc4[nH]c(C=O)cc34)cc12. The second-order valence-corrected chi connectivity index (χ2v) is 7.10. The molecular weight excluding hydrogens is 352 g/mol. The largest absolute Gasteiger partial charge is 0.382 e. The predicted octanol–water partition coefficient (Wildman–Crippen LogP) is 3.65. The number of carbonyl (C=O) groups is 1. The number of rotatable bonds is 3. The molecule has 3 heterocycles. The number of nitrogens with zero attached hydrogens (tertiary/aromatic N) is 2. The fourth-order valence-electron chi connectivity index (χ4n) is 3.78. The molecule has 0 atom stereocenters. The molecular formula is C21H24N6O. The van der Waals surface area contributed by atoms with Crippen molar-refractivity contribution >= 4 is 34.0 Å². The van der Waals surface area contributed by atoms with E-state index >= 15 is 0 Å². The van der Waals surface area contributed by atoms with Crippen molar-refractivity contribution in [2.75, 3.05) is 12.8 Å². The summed E-state index contributed by atoms with van der Waals surface area (Å²) in [7, 11) is 2.05. The van der Waals surface area contributed by atoms with Crippen LogP contribution in [-0.4, -0.2) is 39.5 Å². The maximum absolute atomic E-state index is 10.9. The Balaban J connectivity index is 0.000000233. The molecule has 3 aromatic heterocycles. The number of pyridine rings is 1. The lowest BCUT2D eigenvalue weighted by Crippen LogP contribution is -2.20. The Kier molecular flexibility index (Phi) is 5.08. The van der Waals surface area contributed by atoms with Crippen molar-refractivity contribution in [3.8, 4) is 11.1 Å². The molecule has 1 aromatic carbocycles. The zero-order valence-electron chi connectivity index (χ0n) is 15.8. The summed E-state index contributed by atoms with van der Waals surface area (Å²) in [6.07, 6.45) is 8.17. The number of carbonyl (C=O) groups excluding carboxylic acids is 1. The molecule has 7 heteroatoms. The topological polar surface area (TPSA) is 112 Å². The Bertz CT molecular complexity index is 1110. The number of aldehydes is 1. The smallest absolute Gasteiger partial charge is 0.166 e. The van der Waals surface area contributed by atoms with Crippen LogP contribution in [0.15, 0.2) is 36.5 Å². The van der Waals surface area contributed by atoms with Crippen molar-refractivity contribution in [2.45, 2.75) is 31.7 Å². The van der Waals surface area contributed by atoms with Crippen LogP contribution in [-0.2, 0) is 0 Å². The van der Waals surface area contributed by atoms with Gasteiger partial charge in [0, 0.05) is 23.0 Å². The fourth-order valence-corrected chi connectivity index (χ4v) is 3.78. The molecule has 0 radical (unpaired) electrons. The van der Waals surface area contributed by atoms with Crippen molar-refractivity contribution in [3.05, 3.63) is 42.2 Å². The molecule has 1 fully saturated rings. The van der Waals surface area contributed by atoms with E-state index in [4.69, 9.17) is 5.73 Å². The second-order valence-electron chi connectivity index (χ2n) is 7.10. The molecule has 5 rings (SSSR count). The summed E-state index contributed by atoms with van der Waals surface area (Å²) >= 11 is 0. The van der Waals surface area contributed by atoms with E-state index in [1.54, 1.807) is 12.3 Å². The molecule has 1 aliphatic rings. The first-order chi connectivity index (χ1) is 13.7. The van der Waals surface area contributed by atoms with E-state index in [0.717, 1.165) is 39.7 Å². The highest BCUT2D eigenvalue weighted by Gasteiger charge is 2.11. The molecule has 0 saturated heterocycles. The first-order valence-corrected chi connectivity index (χ1v) is 9.53. The molecule has 0 spiro atoms. The van der Waals surface area contributed by atoms with E-state index in [1.807, 2.05) is 24.3 Å². The van der Waals surface area contributed by atoms with Gasteiger partial charge >= 0.3 is 0 Å². The Labute approximate surface area is 162 Å². The van der Waals surface area contributed by atoms with Gasteiger partial charge in [0.05, 0.1) is 11.2 Å². The maximum Gasteiger partial charge on any atom is 0.166 e. The fraction of sp³-hybridized carbons (Fsp3) is 0.286. The first-order valence-electron chi connectivity index (χ1n) is 9.53. The van der Waals surface area contributed by atoms with Crippen LogP contribution >= 0.6 is 0 Å². The number of nitrogen functional groups attached to an aromatic ring is 1. The number of aromatic amines is 2. The maximum atomic E-state index is 10.9. The van der Waals surface area contributed by atoms with E-state index in [9.17, 15) is 4.79 Å². The summed E-state index contributed by atoms with van der Waals surface area (Å²) in [6.45, 7) is 0. The van der Waals surface area contributed by atoms with Gasteiger partial charge in [-0.25, -0.2) is 4.98 Å². The van der Waals surface area contributed by atoms with Gasteiger partial charge < -0.3 is 16.0 Å². The number of nitrogens with one attached hydrogen (secondary N) is 3. The van der Waals surface area contributed by atoms with Gasteiger partial charge in [0.15, 0.2) is 12.1 Å². The van der Waals surface area contributed by atoms with Gasteiger partial charge in [-0.15, -0.1) is 0 Å². The number of hydrogen-bond donors (Lipinski definition) is 4. The van der Waals surface area contributed by atoms with Crippen molar-refractivity contribution in [1.82, 2.24) is 25.5 Å². The minimum absolute atomic E-state index is 0.472. The Morgan fingerprint density at radius 3 is 2.71 bits per heavy atom. The van der Waals surface area contributed by atoms with Gasteiger partial charge in [0.25, 0.3) is 0 Å². The zero-order valence-corrected chi connectivity index (χ0v) is 15.8. The minimum Gasteiger partial charge on any atom is -0.382 e. The molecule has 28 heavy (non-hydrogen) atoms. The van der Waals surface area contributed by atoms with Crippen LogP contribution in [0, 0.1) is 0 Å². The van der Waals surface area contributed by atoms with Crippen LogP contribution in [0.1, 0.15) is 36.2 Å². The van der Waals surface area contributed by atoms with E-state index in [-0.39, 0.29) is 0 Å². The normalized spacial score (nSPS) is 14.3. The number of nitrogens with two attached hydrogens (primary N) is 1. The number of aromatic nitrogens is 4. The number of anilines is 1. The van der Waals surface area contributed by atoms with Crippen LogP contribution in [0.3, 0.4) is 0 Å². The quantitative estimate of drug-likeness (QED) is 0.408. The van der Waals surface area contributed by atoms with Crippen molar-refractivity contribution < 1.29 is 4.79 Å². The molecule has 5 N–H and O–H groups in total. The van der Waals surface area contributed by atoms with E-state index in [0.29, 0.717) is 17.2 Å². The Morgan fingerprint density at radius 2 is 2.00 bits per heavy atom. The molecule has 0 unspecified atom stereocenters. The average Bonchev–Trinajstić information content (AvgIpc) is 3.47. The molecule has 0 amide bonds. The second kappa shape index (κ2) is 7.82. The summed E-state index contributed by atoms with van der Waals surface area (Å²) in [6, 6.07) is 10.5. The van der Waals surface area contributed by atoms with Crippen LogP contribution in [0.25, 0.3) is 33.1 Å². The Hall–Kier alpha value is -3.19. The lowest BCUT2D eigenvalue weighted by atomic mass is 10.0. The average molecular weight is 376 g/mol. The van der Waals surface area contributed by atoms with Crippen LogP contribution in [0.2, 0.25) is 0 Å². The predicted molar refractivity (Wildman–Crippen MR) is 112 cm³/mol. The number of benzene rings is 1. The summed E-state index contributed by atoms with van der Waals surface area (Å²) < 4.78 is 0. The van der Waals surface area contributed by atoms with Gasteiger partial charge in [-0.05, 0) is 55.3 Å². The first kappa shape index (κ1) is 18.2. The molecule has 1 aliphatic carbocycles. The lowest BCUT2D eigenvalue weighted by Gasteiger charge is -2.03. The van der Waals surface area contributed by atoms with Gasteiger partial charge in [-0.1, -0.05) is 18.9 Å². The highest BCUT2D eigenvalue weighted by molar-refractivity contribution is 5.99. The third kappa shape index (κ3) is 3.48. The minimum atomic E-state index is 0.472. The van der Waals surface area contributed by atoms with E-state index in [1.165, 1.54) is 25.7 Å². The van der Waals surface area contributed by atoms with Crippen molar-refractivity contribution in [1.29, 1.82) is 0 Å². The molecule has 0 aliphatic heterocycles. The third-order valence-corrected chi connectivity index (χ3v) is 5.35. The van der Waals surface area contributed by atoms with Crippen LogP contribution in [0.5, 0.6) is 0 Å². The standard InChI is InChI=1S/C15H11N5O.C6H13N/c16-14-12-5-8(1-2-13(12)19-20-14)10-3-4-17-15-11(10)6-9(7-21)18-15;1-7-6-4-2-3-5-6/h1-7H,(H,17,18)(H3,16,19,20);6-7H,2-5H2,1H3. The van der Waals surface area contributed by atoms with Gasteiger partial charge in [-0.3, -0.25) is 9.89 Å². The number of fused-ring (bicyclic) bond motifs is 2. The molecule has 7 nitrogen and oxygen atoms in total. The summed E-state index contributed by atoms with van der Waals surface area (Å²) in [4.78, 5) is 18.1.